The number of ether oxygens (including phenoxy) is 1. The molecule has 0 unspecified atom stereocenters. The number of anilines is 3. The average molecular weight is 458 g/mol. The van der Waals surface area contributed by atoms with E-state index >= 15 is 0 Å². The molecule has 34 heavy (non-hydrogen) atoms. The van der Waals surface area contributed by atoms with Crippen molar-refractivity contribution in [2.45, 2.75) is 6.92 Å². The average Bonchev–Trinajstić information content (AvgIpc) is 2.87. The van der Waals surface area contributed by atoms with Gasteiger partial charge in [-0.3, -0.25) is 25.8 Å². The molecule has 1 aromatic heterocycles. The van der Waals surface area contributed by atoms with Gasteiger partial charge in [-0.25, -0.2) is 9.97 Å². The van der Waals surface area contributed by atoms with E-state index in [1.807, 2.05) is 55.5 Å². The quantitative estimate of drug-likeness (QED) is 0.282. The predicted octanol–water partition coefficient (Wildman–Crippen LogP) is 4.22. The van der Waals surface area contributed by atoms with E-state index in [0.717, 1.165) is 16.5 Å². The molecule has 10 nitrogen and oxygen atoms in total. The van der Waals surface area contributed by atoms with Crippen LogP contribution in [-0.4, -0.2) is 34.0 Å². The van der Waals surface area contributed by atoms with E-state index in [2.05, 4.69) is 20.8 Å². The van der Waals surface area contributed by atoms with E-state index in [4.69, 9.17) is 4.74 Å². The number of rotatable bonds is 9. The van der Waals surface area contributed by atoms with Crippen LogP contribution in [0.4, 0.5) is 23.0 Å². The van der Waals surface area contributed by atoms with Crippen molar-refractivity contribution in [3.8, 4) is 5.75 Å². The van der Waals surface area contributed by atoms with Crippen molar-refractivity contribution >= 4 is 39.7 Å². The third kappa shape index (κ3) is 4.85. The number of benzene rings is 3. The summed E-state index contributed by atoms with van der Waals surface area (Å²) in [6, 6.07) is 22.3. The molecule has 1 amide bonds. The maximum atomic E-state index is 12.2. The van der Waals surface area contributed by atoms with E-state index < -0.39 is 10.8 Å². The highest BCUT2D eigenvalue weighted by Gasteiger charge is 2.28. The molecular weight excluding hydrogens is 436 g/mol. The number of carbonyl (C=O) groups is 1. The van der Waals surface area contributed by atoms with Gasteiger partial charge >= 0.3 is 5.69 Å². The Bertz CT molecular complexity index is 1310. The molecular formula is C24H22N6O4. The Morgan fingerprint density at radius 1 is 1.03 bits per heavy atom. The molecule has 0 saturated carbocycles. The number of fused-ring (bicyclic) bond motifs is 1. The van der Waals surface area contributed by atoms with Gasteiger partial charge < -0.3 is 9.64 Å². The second kappa shape index (κ2) is 10.3. The van der Waals surface area contributed by atoms with Crippen molar-refractivity contribution in [2.24, 2.45) is 0 Å². The number of carbonyl (C=O) groups excluding carboxylic acids is 1. The number of nitrogens with one attached hydrogen (secondary N) is 2. The predicted molar refractivity (Wildman–Crippen MR) is 129 cm³/mol. The standard InChI is InChI=1S/C24H22N6O4/c1-2-29(20-14-8-10-17-9-6-7-13-19(17)20)24-22(30(32)33)23(25-16-26-24)28-27-21(31)15-34-18-11-4-3-5-12-18/h3-14,16H,2,15H2,1H3,(H,27,31)(H,25,26,28). The van der Waals surface area contributed by atoms with Crippen molar-refractivity contribution < 1.29 is 14.5 Å². The highest BCUT2D eigenvalue weighted by molar-refractivity contribution is 5.96. The molecule has 0 spiro atoms. The van der Waals surface area contributed by atoms with Crippen LogP contribution in [0.25, 0.3) is 10.8 Å². The Morgan fingerprint density at radius 2 is 1.76 bits per heavy atom. The van der Waals surface area contributed by atoms with E-state index in [9.17, 15) is 14.9 Å². The molecule has 3 aromatic carbocycles. The lowest BCUT2D eigenvalue weighted by molar-refractivity contribution is -0.383. The van der Waals surface area contributed by atoms with Crippen LogP contribution >= 0.6 is 0 Å². The van der Waals surface area contributed by atoms with Gasteiger partial charge in [-0.15, -0.1) is 0 Å². The van der Waals surface area contributed by atoms with E-state index in [0.29, 0.717) is 12.3 Å². The zero-order valence-corrected chi connectivity index (χ0v) is 18.3. The van der Waals surface area contributed by atoms with Gasteiger partial charge in [0.2, 0.25) is 11.6 Å². The zero-order valence-electron chi connectivity index (χ0n) is 18.3. The van der Waals surface area contributed by atoms with E-state index in [1.54, 1.807) is 29.2 Å². The van der Waals surface area contributed by atoms with Gasteiger partial charge in [0.1, 0.15) is 12.1 Å². The third-order valence-corrected chi connectivity index (χ3v) is 5.05. The Labute approximate surface area is 195 Å². The fourth-order valence-corrected chi connectivity index (χ4v) is 3.54. The van der Waals surface area contributed by atoms with Crippen LogP contribution in [0.15, 0.2) is 79.1 Å². The molecule has 0 aliphatic heterocycles. The second-order valence-electron chi connectivity index (χ2n) is 7.17. The maximum absolute atomic E-state index is 12.2. The maximum Gasteiger partial charge on any atom is 0.355 e. The van der Waals surface area contributed by atoms with E-state index in [1.165, 1.54) is 6.33 Å². The summed E-state index contributed by atoms with van der Waals surface area (Å²) in [4.78, 5) is 33.6. The molecule has 0 saturated heterocycles. The lowest BCUT2D eigenvalue weighted by Gasteiger charge is -2.24. The molecule has 0 aliphatic carbocycles. The first-order chi connectivity index (χ1) is 16.6. The second-order valence-corrected chi connectivity index (χ2v) is 7.17. The molecule has 1 heterocycles. The van der Waals surface area contributed by atoms with Crippen molar-refractivity contribution in [3.63, 3.8) is 0 Å². The minimum atomic E-state index is -0.571. The van der Waals surface area contributed by atoms with Crippen LogP contribution in [0.1, 0.15) is 6.92 Å². The smallest absolute Gasteiger partial charge is 0.355 e. The van der Waals surface area contributed by atoms with Crippen LogP contribution in [-0.2, 0) is 4.79 Å². The van der Waals surface area contributed by atoms with Crippen molar-refractivity contribution in [3.05, 3.63) is 89.2 Å². The summed E-state index contributed by atoms with van der Waals surface area (Å²) in [5, 5.41) is 14.0. The third-order valence-electron chi connectivity index (χ3n) is 5.05. The summed E-state index contributed by atoms with van der Waals surface area (Å²) < 4.78 is 5.39. The first kappa shape index (κ1) is 22.5. The highest BCUT2D eigenvalue weighted by Crippen LogP contribution is 2.38. The highest BCUT2D eigenvalue weighted by atomic mass is 16.6. The summed E-state index contributed by atoms with van der Waals surface area (Å²) in [7, 11) is 0. The van der Waals surface area contributed by atoms with Crippen LogP contribution < -0.4 is 20.5 Å². The molecule has 0 radical (unpaired) electrons. The first-order valence-corrected chi connectivity index (χ1v) is 10.6. The van der Waals surface area contributed by atoms with Gasteiger partial charge in [-0.05, 0) is 30.5 Å². The number of aromatic nitrogens is 2. The normalized spacial score (nSPS) is 10.5. The zero-order chi connectivity index (χ0) is 23.9. The molecule has 0 atom stereocenters. The van der Waals surface area contributed by atoms with Gasteiger partial charge in [0.15, 0.2) is 6.61 Å². The largest absolute Gasteiger partial charge is 0.484 e. The molecule has 4 aromatic rings. The molecule has 4 rings (SSSR count). The SMILES string of the molecule is CCN(c1ncnc(NNC(=O)COc2ccccc2)c1[N+](=O)[O-])c1cccc2ccccc12. The number of amides is 1. The monoisotopic (exact) mass is 458 g/mol. The van der Waals surface area contributed by atoms with Crippen LogP contribution in [0.3, 0.4) is 0 Å². The van der Waals surface area contributed by atoms with Gasteiger partial charge in [0.25, 0.3) is 5.91 Å². The molecule has 10 heteroatoms. The van der Waals surface area contributed by atoms with Gasteiger partial charge in [0, 0.05) is 11.9 Å². The number of hydrogen-bond donors (Lipinski definition) is 2. The molecule has 0 fully saturated rings. The van der Waals surface area contributed by atoms with Crippen molar-refractivity contribution in [1.29, 1.82) is 0 Å². The number of nitrogens with zero attached hydrogens (tertiary/aromatic N) is 4. The van der Waals surface area contributed by atoms with Gasteiger partial charge in [-0.1, -0.05) is 54.6 Å². The van der Waals surface area contributed by atoms with Crippen LogP contribution in [0.5, 0.6) is 5.75 Å². The summed E-state index contributed by atoms with van der Waals surface area (Å²) in [5.41, 5.74) is 5.34. The minimum Gasteiger partial charge on any atom is -0.484 e. The first-order valence-electron chi connectivity index (χ1n) is 10.6. The molecule has 0 aliphatic rings. The number of hydrazine groups is 1. The summed E-state index contributed by atoms with van der Waals surface area (Å²) in [6.07, 6.45) is 1.21. The molecule has 172 valence electrons. The summed E-state index contributed by atoms with van der Waals surface area (Å²) in [5.74, 6) is -0.0285. The van der Waals surface area contributed by atoms with Crippen LogP contribution in [0.2, 0.25) is 0 Å². The number of hydrogen-bond acceptors (Lipinski definition) is 8. The lowest BCUT2D eigenvalue weighted by Crippen LogP contribution is -2.34. The number of nitro groups is 1. The fourth-order valence-electron chi connectivity index (χ4n) is 3.54. The summed E-state index contributed by atoms with van der Waals surface area (Å²) in [6.45, 7) is 2.02. The van der Waals surface area contributed by atoms with Crippen LogP contribution in [0, 0.1) is 10.1 Å². The van der Waals surface area contributed by atoms with E-state index in [-0.39, 0.29) is 23.9 Å². The van der Waals surface area contributed by atoms with Crippen molar-refractivity contribution in [1.82, 2.24) is 15.4 Å². The number of para-hydroxylation sites is 1. The Kier molecular flexibility index (Phi) is 6.78. The van der Waals surface area contributed by atoms with Crippen molar-refractivity contribution in [2.75, 3.05) is 23.5 Å². The van der Waals surface area contributed by atoms with Gasteiger partial charge in [-0.2, -0.15) is 0 Å². The fraction of sp³-hybridized carbons (Fsp3) is 0.125. The Balaban J connectivity index is 1.59. The molecule has 0 bridgehead atoms. The molecule has 2 N–H and O–H groups in total. The Hall–Kier alpha value is -4.73. The lowest BCUT2D eigenvalue weighted by atomic mass is 10.1. The minimum absolute atomic E-state index is 0.108. The summed E-state index contributed by atoms with van der Waals surface area (Å²) >= 11 is 0. The Morgan fingerprint density at radius 3 is 2.53 bits per heavy atom. The van der Waals surface area contributed by atoms with Gasteiger partial charge in [0.05, 0.1) is 10.6 Å². The topological polar surface area (TPSA) is 123 Å².